The van der Waals surface area contributed by atoms with E-state index in [4.69, 9.17) is 0 Å². The zero-order valence-corrected chi connectivity index (χ0v) is 15.1. The topological polar surface area (TPSA) is 68.2 Å². The first kappa shape index (κ1) is 19.0. The Labute approximate surface area is 153 Å². The quantitative estimate of drug-likeness (QED) is 0.736. The molecule has 0 spiro atoms. The van der Waals surface area contributed by atoms with Gasteiger partial charge < -0.3 is 4.57 Å². The molecule has 0 radical (unpaired) electrons. The molecule has 0 fully saturated rings. The molecule has 0 bridgehead atoms. The fraction of sp³-hybridized carbons (Fsp3) is 0.167. The lowest BCUT2D eigenvalue weighted by Crippen LogP contribution is -2.29. The molecule has 0 aliphatic carbocycles. The fourth-order valence-corrected chi connectivity index (χ4v) is 3.28. The number of alkyl halides is 3. The predicted molar refractivity (Wildman–Crippen MR) is 95.7 cm³/mol. The predicted octanol–water partition coefficient (Wildman–Crippen LogP) is 3.55. The Balaban J connectivity index is 2.03. The van der Waals surface area contributed by atoms with Crippen molar-refractivity contribution in [3.05, 3.63) is 59.8 Å². The molecule has 1 heterocycles. The number of aromatic nitrogens is 1. The van der Waals surface area contributed by atoms with Crippen LogP contribution in [0, 0.1) is 0 Å². The molecule has 1 amide bonds. The summed E-state index contributed by atoms with van der Waals surface area (Å²) in [6.45, 7) is 0. The molecule has 1 aromatic heterocycles. The number of nitrogens with zero attached hydrogens (tertiary/aromatic N) is 1. The first-order valence-corrected chi connectivity index (χ1v) is 9.64. The molecule has 0 aliphatic rings. The van der Waals surface area contributed by atoms with Crippen molar-refractivity contribution in [1.29, 1.82) is 0 Å². The van der Waals surface area contributed by atoms with E-state index in [0.717, 1.165) is 23.8 Å². The summed E-state index contributed by atoms with van der Waals surface area (Å²) in [6, 6.07) is 9.45. The SMILES string of the molecule is Cn1cc(-c2ccc(C(F)(F)F)cc2)c2ccc(C(=O)NS(C)(=O)=O)cc21. The molecule has 5 nitrogen and oxygen atoms in total. The van der Waals surface area contributed by atoms with Crippen LogP contribution >= 0.6 is 0 Å². The molecule has 9 heteroatoms. The van der Waals surface area contributed by atoms with Crippen LogP contribution in [-0.2, 0) is 23.2 Å². The van der Waals surface area contributed by atoms with Crippen molar-refractivity contribution >= 4 is 26.8 Å². The summed E-state index contributed by atoms with van der Waals surface area (Å²) in [7, 11) is -1.96. The van der Waals surface area contributed by atoms with E-state index < -0.39 is 27.7 Å². The van der Waals surface area contributed by atoms with Crippen molar-refractivity contribution in [3.8, 4) is 11.1 Å². The second-order valence-corrected chi connectivity index (χ2v) is 7.91. The molecular weight excluding hydrogens is 381 g/mol. The molecule has 3 aromatic rings. The highest BCUT2D eigenvalue weighted by atomic mass is 32.2. The van der Waals surface area contributed by atoms with Gasteiger partial charge >= 0.3 is 6.18 Å². The number of carbonyl (C=O) groups is 1. The van der Waals surface area contributed by atoms with Gasteiger partial charge in [-0.2, -0.15) is 13.2 Å². The van der Waals surface area contributed by atoms with Gasteiger partial charge in [0.1, 0.15) is 0 Å². The van der Waals surface area contributed by atoms with Crippen LogP contribution < -0.4 is 4.72 Å². The summed E-state index contributed by atoms with van der Waals surface area (Å²) >= 11 is 0. The molecule has 0 atom stereocenters. The molecule has 0 unspecified atom stereocenters. The van der Waals surface area contributed by atoms with Crippen LogP contribution in [0.2, 0.25) is 0 Å². The summed E-state index contributed by atoms with van der Waals surface area (Å²) in [4.78, 5) is 12.0. The minimum atomic E-state index is -4.40. The summed E-state index contributed by atoms with van der Waals surface area (Å²) in [5.74, 6) is -0.753. The zero-order chi connectivity index (χ0) is 20.0. The molecule has 1 N–H and O–H groups in total. The highest BCUT2D eigenvalue weighted by Gasteiger charge is 2.30. The van der Waals surface area contributed by atoms with Gasteiger partial charge in [0.15, 0.2) is 0 Å². The first-order chi connectivity index (χ1) is 12.5. The summed E-state index contributed by atoms with van der Waals surface area (Å²) in [6.07, 6.45) is -1.78. The Hall–Kier alpha value is -2.81. The maximum absolute atomic E-state index is 12.7. The second-order valence-electron chi connectivity index (χ2n) is 6.16. The Morgan fingerprint density at radius 2 is 1.70 bits per heavy atom. The fourth-order valence-electron chi connectivity index (χ4n) is 2.82. The lowest BCUT2D eigenvalue weighted by atomic mass is 10.0. The lowest BCUT2D eigenvalue weighted by molar-refractivity contribution is -0.137. The van der Waals surface area contributed by atoms with Gasteiger partial charge in [0.05, 0.1) is 11.8 Å². The van der Waals surface area contributed by atoms with E-state index in [-0.39, 0.29) is 5.56 Å². The standard InChI is InChI=1S/C18H15F3N2O3S/c1-23-10-15(11-3-6-13(7-4-11)18(19,20)21)14-8-5-12(9-16(14)23)17(24)22-27(2,25)26/h3-10H,1-2H3,(H,22,24). The number of halogens is 3. The smallest absolute Gasteiger partial charge is 0.350 e. The highest BCUT2D eigenvalue weighted by molar-refractivity contribution is 7.89. The van der Waals surface area contributed by atoms with Crippen LogP contribution in [0.1, 0.15) is 15.9 Å². The minimum Gasteiger partial charge on any atom is -0.350 e. The Morgan fingerprint density at radius 3 is 2.26 bits per heavy atom. The van der Waals surface area contributed by atoms with Gasteiger partial charge in [-0.25, -0.2) is 13.1 Å². The second kappa shape index (κ2) is 6.41. The number of rotatable bonds is 3. The normalized spacial score (nSPS) is 12.3. The van der Waals surface area contributed by atoms with E-state index in [1.165, 1.54) is 24.3 Å². The number of nitrogens with one attached hydrogen (secondary N) is 1. The van der Waals surface area contributed by atoms with Crippen LogP contribution in [0.15, 0.2) is 48.7 Å². The van der Waals surface area contributed by atoms with E-state index in [9.17, 15) is 26.4 Å². The summed E-state index contributed by atoms with van der Waals surface area (Å²) in [5, 5.41) is 0.730. The van der Waals surface area contributed by atoms with E-state index in [1.54, 1.807) is 23.9 Å². The monoisotopic (exact) mass is 396 g/mol. The number of sulfonamides is 1. The van der Waals surface area contributed by atoms with Crippen molar-refractivity contribution in [2.24, 2.45) is 7.05 Å². The molecule has 0 saturated carbocycles. The summed E-state index contributed by atoms with van der Waals surface area (Å²) < 4.78 is 64.2. The molecule has 0 saturated heterocycles. The number of aryl methyl sites for hydroxylation is 1. The third-order valence-electron chi connectivity index (χ3n) is 4.05. The maximum Gasteiger partial charge on any atom is 0.416 e. The van der Waals surface area contributed by atoms with Crippen molar-refractivity contribution < 1.29 is 26.4 Å². The zero-order valence-electron chi connectivity index (χ0n) is 14.3. The van der Waals surface area contributed by atoms with Crippen LogP contribution in [0.4, 0.5) is 13.2 Å². The summed E-state index contributed by atoms with van der Waals surface area (Å²) in [5.41, 5.74) is 1.38. The Kier molecular flexibility index (Phi) is 4.51. The van der Waals surface area contributed by atoms with Gasteiger partial charge in [-0.1, -0.05) is 18.2 Å². The number of hydrogen-bond donors (Lipinski definition) is 1. The van der Waals surface area contributed by atoms with E-state index in [2.05, 4.69) is 0 Å². The van der Waals surface area contributed by atoms with E-state index in [1.807, 2.05) is 4.72 Å². The van der Waals surface area contributed by atoms with Gasteiger partial charge in [0.2, 0.25) is 10.0 Å². The van der Waals surface area contributed by atoms with Crippen LogP contribution in [0.3, 0.4) is 0 Å². The minimum absolute atomic E-state index is 0.160. The van der Waals surface area contributed by atoms with Crippen LogP contribution in [-0.4, -0.2) is 25.1 Å². The van der Waals surface area contributed by atoms with E-state index in [0.29, 0.717) is 16.6 Å². The molecule has 3 rings (SSSR count). The Bertz CT molecular complexity index is 1130. The average molecular weight is 396 g/mol. The number of amides is 1. The number of carbonyl (C=O) groups excluding carboxylic acids is 1. The maximum atomic E-state index is 12.7. The van der Waals surface area contributed by atoms with Gasteiger partial charge in [-0.15, -0.1) is 0 Å². The van der Waals surface area contributed by atoms with Crippen molar-refractivity contribution in [2.45, 2.75) is 6.18 Å². The third-order valence-corrected chi connectivity index (χ3v) is 4.61. The molecule has 2 aromatic carbocycles. The van der Waals surface area contributed by atoms with E-state index >= 15 is 0 Å². The Morgan fingerprint density at radius 1 is 1.07 bits per heavy atom. The van der Waals surface area contributed by atoms with Gasteiger partial charge in [-0.3, -0.25) is 4.79 Å². The molecule has 142 valence electrons. The molecule has 27 heavy (non-hydrogen) atoms. The van der Waals surface area contributed by atoms with Crippen LogP contribution in [0.5, 0.6) is 0 Å². The van der Waals surface area contributed by atoms with Crippen molar-refractivity contribution in [1.82, 2.24) is 9.29 Å². The first-order valence-electron chi connectivity index (χ1n) is 7.74. The number of fused-ring (bicyclic) bond motifs is 1. The molecule has 0 aliphatic heterocycles. The number of hydrogen-bond acceptors (Lipinski definition) is 3. The van der Waals surface area contributed by atoms with Gasteiger partial charge in [0.25, 0.3) is 5.91 Å². The molecular formula is C18H15F3N2O3S. The van der Waals surface area contributed by atoms with Gasteiger partial charge in [-0.05, 0) is 29.8 Å². The van der Waals surface area contributed by atoms with Gasteiger partial charge in [0, 0.05) is 35.3 Å². The van der Waals surface area contributed by atoms with Crippen molar-refractivity contribution in [2.75, 3.05) is 6.26 Å². The largest absolute Gasteiger partial charge is 0.416 e. The lowest BCUT2D eigenvalue weighted by Gasteiger charge is -2.07. The highest BCUT2D eigenvalue weighted by Crippen LogP contribution is 2.34. The average Bonchev–Trinajstić information content (AvgIpc) is 2.89. The van der Waals surface area contributed by atoms with Crippen LogP contribution in [0.25, 0.3) is 22.0 Å². The number of benzene rings is 2. The third kappa shape index (κ3) is 3.97. The van der Waals surface area contributed by atoms with Crippen molar-refractivity contribution in [3.63, 3.8) is 0 Å².